The Balaban J connectivity index is 1.78. The molecule has 2 aliphatic rings. The Morgan fingerprint density at radius 3 is 2.60 bits per heavy atom. The third-order valence-electron chi connectivity index (χ3n) is 5.75. The number of halogens is 3. The van der Waals surface area contributed by atoms with Gasteiger partial charge in [-0.2, -0.15) is 13.9 Å². The van der Waals surface area contributed by atoms with E-state index in [2.05, 4.69) is 20.5 Å². The van der Waals surface area contributed by atoms with Gasteiger partial charge in [0.2, 0.25) is 5.91 Å². The molecule has 1 fully saturated rings. The van der Waals surface area contributed by atoms with Gasteiger partial charge in [-0.05, 0) is 45.9 Å². The molecule has 2 aromatic rings. The van der Waals surface area contributed by atoms with Crippen molar-refractivity contribution in [1.29, 1.82) is 0 Å². The van der Waals surface area contributed by atoms with Gasteiger partial charge in [-0.1, -0.05) is 0 Å². The van der Waals surface area contributed by atoms with E-state index in [-0.39, 0.29) is 40.0 Å². The molecule has 190 valence electrons. The van der Waals surface area contributed by atoms with Gasteiger partial charge < -0.3 is 20.5 Å². The number of carbonyl (C=O) groups excluding carboxylic acids is 1. The van der Waals surface area contributed by atoms with E-state index in [0.717, 1.165) is 22.9 Å². The number of ether oxygens (including phenoxy) is 1. The number of benzene rings is 1. The Kier molecular flexibility index (Phi) is 5.91. The van der Waals surface area contributed by atoms with Crippen molar-refractivity contribution in [3.05, 3.63) is 40.8 Å². The second-order valence-corrected chi connectivity index (χ2v) is 11.7. The molecule has 0 radical (unpaired) electrons. The summed E-state index contributed by atoms with van der Waals surface area (Å²) < 4.78 is 68.8. The number of anilines is 1. The van der Waals surface area contributed by atoms with Crippen LogP contribution in [0.5, 0.6) is 5.75 Å². The second-order valence-electron chi connectivity index (χ2n) is 9.59. The van der Waals surface area contributed by atoms with E-state index in [1.807, 2.05) is 0 Å². The smallest absolute Gasteiger partial charge is 0.387 e. The summed E-state index contributed by atoms with van der Waals surface area (Å²) >= 11 is 0. The van der Waals surface area contributed by atoms with Crippen molar-refractivity contribution < 1.29 is 36.2 Å². The summed E-state index contributed by atoms with van der Waals surface area (Å²) in [4.78, 5) is 13.0. The summed E-state index contributed by atoms with van der Waals surface area (Å²) in [6, 6.07) is 2.45. The molecule has 1 saturated heterocycles. The first-order chi connectivity index (χ1) is 16.1. The highest BCUT2D eigenvalue weighted by atomic mass is 32.2. The average Bonchev–Trinajstić information content (AvgIpc) is 3.05. The van der Waals surface area contributed by atoms with Crippen LogP contribution in [0.1, 0.15) is 39.0 Å². The van der Waals surface area contributed by atoms with Crippen LogP contribution >= 0.6 is 0 Å². The summed E-state index contributed by atoms with van der Waals surface area (Å²) in [6.07, 6.45) is 1.50. The highest BCUT2D eigenvalue weighted by Crippen LogP contribution is 2.38. The fourth-order valence-electron chi connectivity index (χ4n) is 4.34. The van der Waals surface area contributed by atoms with Gasteiger partial charge in [-0.15, -0.1) is 0 Å². The van der Waals surface area contributed by atoms with E-state index >= 15 is 0 Å². The Bertz CT molecular complexity index is 1320. The van der Waals surface area contributed by atoms with Crippen LogP contribution in [0.4, 0.5) is 19.0 Å². The number of nitrogens with one attached hydrogen (secondary N) is 2. The lowest BCUT2D eigenvalue weighted by Crippen LogP contribution is -2.64. The van der Waals surface area contributed by atoms with Gasteiger partial charge in [0.1, 0.15) is 34.4 Å². The lowest BCUT2D eigenvalue weighted by atomic mass is 9.94. The molecule has 0 bridgehead atoms. The van der Waals surface area contributed by atoms with Gasteiger partial charge in [0.25, 0.3) is 0 Å². The maximum absolute atomic E-state index is 14.7. The van der Waals surface area contributed by atoms with E-state index in [4.69, 9.17) is 0 Å². The summed E-state index contributed by atoms with van der Waals surface area (Å²) in [5.41, 5.74) is -1.96. The molecule has 13 heteroatoms. The number of amides is 1. The lowest BCUT2D eigenvalue weighted by Gasteiger charge is -2.39. The minimum atomic E-state index is -3.19. The molecular formula is C22H25F3N4O5S. The number of fused-ring (bicyclic) bond motifs is 1. The number of hydrogen-bond donors (Lipinski definition) is 3. The van der Waals surface area contributed by atoms with Crippen LogP contribution in [0.2, 0.25) is 0 Å². The third kappa shape index (κ3) is 4.87. The molecule has 0 saturated carbocycles. The third-order valence-corrected chi connectivity index (χ3v) is 7.90. The molecule has 3 N–H and O–H groups in total. The van der Waals surface area contributed by atoms with E-state index in [1.165, 1.54) is 19.9 Å². The van der Waals surface area contributed by atoms with Gasteiger partial charge >= 0.3 is 6.61 Å². The number of nitrogens with zero attached hydrogens (tertiary/aromatic N) is 2. The van der Waals surface area contributed by atoms with Gasteiger partial charge in [0, 0.05) is 17.2 Å². The maximum atomic E-state index is 14.7. The van der Waals surface area contributed by atoms with Gasteiger partial charge in [0.15, 0.2) is 9.84 Å². The SMILES string of the molecule is CC1Nc2c(c(C(C)(C)O)nn2-c2cc(OC(F)F)ccc2F)C=C1C(=O)NC1(C)CS(=O)(=O)C1. The van der Waals surface area contributed by atoms with Crippen LogP contribution in [0.15, 0.2) is 23.8 Å². The molecule has 1 aromatic carbocycles. The van der Waals surface area contributed by atoms with E-state index in [1.54, 1.807) is 13.8 Å². The zero-order chi connectivity index (χ0) is 25.9. The first-order valence-electron chi connectivity index (χ1n) is 10.7. The molecule has 9 nitrogen and oxygen atoms in total. The quantitative estimate of drug-likeness (QED) is 0.541. The molecule has 1 aromatic heterocycles. The molecule has 1 atom stereocenters. The van der Waals surface area contributed by atoms with Crippen molar-refractivity contribution >= 4 is 27.6 Å². The van der Waals surface area contributed by atoms with Crippen LogP contribution in [0.3, 0.4) is 0 Å². The molecule has 4 rings (SSSR count). The number of aromatic nitrogens is 2. The van der Waals surface area contributed by atoms with Crippen molar-refractivity contribution in [3.63, 3.8) is 0 Å². The number of carbonyl (C=O) groups is 1. The van der Waals surface area contributed by atoms with E-state index < -0.39 is 45.4 Å². The van der Waals surface area contributed by atoms with Crippen LogP contribution in [-0.4, -0.2) is 58.9 Å². The van der Waals surface area contributed by atoms with Gasteiger partial charge in [-0.25, -0.2) is 17.5 Å². The average molecular weight is 515 g/mol. The molecular weight excluding hydrogens is 489 g/mol. The fourth-order valence-corrected chi connectivity index (χ4v) is 6.34. The minimum Gasteiger partial charge on any atom is -0.435 e. The lowest BCUT2D eigenvalue weighted by molar-refractivity contribution is -0.119. The Labute approximate surface area is 199 Å². The zero-order valence-corrected chi connectivity index (χ0v) is 20.2. The first kappa shape index (κ1) is 25.0. The first-order valence-corrected chi connectivity index (χ1v) is 12.5. The fraction of sp³-hybridized carbons (Fsp3) is 0.455. The second kappa shape index (κ2) is 8.26. The van der Waals surface area contributed by atoms with E-state index in [9.17, 15) is 31.5 Å². The molecule has 1 amide bonds. The van der Waals surface area contributed by atoms with Crippen molar-refractivity contribution in [2.45, 2.75) is 51.5 Å². The molecule has 0 aliphatic carbocycles. The highest BCUT2D eigenvalue weighted by molar-refractivity contribution is 7.93. The number of sulfone groups is 1. The number of hydrogen-bond acceptors (Lipinski definition) is 7. The van der Waals surface area contributed by atoms with Crippen LogP contribution in [0, 0.1) is 5.82 Å². The van der Waals surface area contributed by atoms with Gasteiger partial charge in [0.05, 0.1) is 23.1 Å². The molecule has 1 unspecified atom stereocenters. The van der Waals surface area contributed by atoms with Crippen molar-refractivity contribution in [1.82, 2.24) is 15.1 Å². The van der Waals surface area contributed by atoms with Crippen LogP contribution in [-0.2, 0) is 20.2 Å². The van der Waals surface area contributed by atoms with E-state index in [0.29, 0.717) is 5.56 Å². The van der Waals surface area contributed by atoms with Crippen molar-refractivity contribution in [2.75, 3.05) is 16.8 Å². The largest absolute Gasteiger partial charge is 0.435 e. The summed E-state index contributed by atoms with van der Waals surface area (Å²) in [5, 5.41) is 20.9. The summed E-state index contributed by atoms with van der Waals surface area (Å²) in [5.74, 6) is -1.67. The Hall–Kier alpha value is -3.06. The number of rotatable bonds is 6. The van der Waals surface area contributed by atoms with Crippen LogP contribution in [0.25, 0.3) is 11.8 Å². The number of aliphatic hydroxyl groups is 1. The molecule has 0 spiro atoms. The monoisotopic (exact) mass is 514 g/mol. The topological polar surface area (TPSA) is 123 Å². The maximum Gasteiger partial charge on any atom is 0.387 e. The summed E-state index contributed by atoms with van der Waals surface area (Å²) in [6.45, 7) is 3.11. The van der Waals surface area contributed by atoms with Crippen molar-refractivity contribution in [2.24, 2.45) is 0 Å². The predicted molar refractivity (Wildman–Crippen MR) is 122 cm³/mol. The highest BCUT2D eigenvalue weighted by Gasteiger charge is 2.46. The molecule has 2 aliphatic heterocycles. The standard InChI is InChI=1S/C22H25F3N4O5S/c1-11-13(19(30)27-22(4)9-35(32,33)10-22)8-14-17(21(2,3)31)28-29(18(14)26-11)16-7-12(34-20(24)25)5-6-15(16)23/h5-8,11,20,26,31H,9-10H2,1-4H3,(H,27,30). The minimum absolute atomic E-state index is 0.106. The Morgan fingerprint density at radius 1 is 1.37 bits per heavy atom. The van der Waals surface area contributed by atoms with Crippen molar-refractivity contribution in [3.8, 4) is 11.4 Å². The number of alkyl halides is 2. The summed E-state index contributed by atoms with van der Waals surface area (Å²) in [7, 11) is -3.19. The predicted octanol–water partition coefficient (Wildman–Crippen LogP) is 2.34. The molecule has 3 heterocycles. The normalized spacial score (nSPS) is 20.4. The Morgan fingerprint density at radius 2 is 2.03 bits per heavy atom. The van der Waals surface area contributed by atoms with Crippen LogP contribution < -0.4 is 15.4 Å². The zero-order valence-electron chi connectivity index (χ0n) is 19.4. The van der Waals surface area contributed by atoms with Gasteiger partial charge in [-0.3, -0.25) is 4.79 Å². The molecule has 35 heavy (non-hydrogen) atoms.